The number of carboxylic acids is 1. The Balaban J connectivity index is 2.68. The summed E-state index contributed by atoms with van der Waals surface area (Å²) in [5.41, 5.74) is -1.06. The Morgan fingerprint density at radius 3 is 2.71 bits per heavy atom. The first kappa shape index (κ1) is 11.4. The second kappa shape index (κ2) is 3.46. The lowest BCUT2D eigenvalue weighted by atomic mass is 9.96. The second-order valence-electron chi connectivity index (χ2n) is 3.99. The van der Waals surface area contributed by atoms with E-state index in [-0.39, 0.29) is 11.1 Å². The molecular weight excluding hydrogens is 226 g/mol. The van der Waals surface area contributed by atoms with E-state index in [2.05, 4.69) is 0 Å². The lowest BCUT2D eigenvalue weighted by molar-refractivity contribution is -0.157. The van der Waals surface area contributed by atoms with Crippen LogP contribution < -0.4 is 5.76 Å². The van der Waals surface area contributed by atoms with Crippen molar-refractivity contribution in [1.82, 2.24) is 4.57 Å². The molecule has 17 heavy (non-hydrogen) atoms. The molecule has 90 valence electrons. The van der Waals surface area contributed by atoms with Crippen molar-refractivity contribution in [2.75, 3.05) is 0 Å². The average Bonchev–Trinajstić information content (AvgIpc) is 2.54. The number of hydrogen-bond acceptors (Lipinski definition) is 4. The van der Waals surface area contributed by atoms with Gasteiger partial charge in [0.05, 0.1) is 5.52 Å². The van der Waals surface area contributed by atoms with Gasteiger partial charge in [-0.1, -0.05) is 6.07 Å². The lowest BCUT2D eigenvalue weighted by Gasteiger charge is -2.17. The highest BCUT2D eigenvalue weighted by atomic mass is 16.4. The van der Waals surface area contributed by atoms with Gasteiger partial charge >= 0.3 is 11.7 Å². The van der Waals surface area contributed by atoms with Gasteiger partial charge in [0.1, 0.15) is 0 Å². The molecule has 1 unspecified atom stereocenters. The summed E-state index contributed by atoms with van der Waals surface area (Å²) in [6, 6.07) is 4.34. The summed E-state index contributed by atoms with van der Waals surface area (Å²) in [5.74, 6) is -1.90. The van der Waals surface area contributed by atoms with E-state index in [9.17, 15) is 14.7 Å². The summed E-state index contributed by atoms with van der Waals surface area (Å²) in [6.45, 7) is 1.16. The summed E-state index contributed by atoms with van der Waals surface area (Å²) in [5, 5.41) is 18.7. The third kappa shape index (κ3) is 1.62. The Kier molecular flexibility index (Phi) is 2.32. The van der Waals surface area contributed by atoms with Gasteiger partial charge in [0, 0.05) is 7.05 Å². The number of benzene rings is 1. The number of carboxylic acid groups (broad SMARTS) is 1. The number of oxazole rings is 1. The number of fused-ring (bicyclic) bond motifs is 1. The van der Waals surface area contributed by atoms with Crippen molar-refractivity contribution in [3.05, 3.63) is 34.3 Å². The van der Waals surface area contributed by atoms with E-state index in [0.29, 0.717) is 5.52 Å². The van der Waals surface area contributed by atoms with E-state index < -0.39 is 17.3 Å². The number of nitrogens with zero attached hydrogens (tertiary/aromatic N) is 1. The SMILES string of the molecule is Cn1c(=O)oc2cc(C(C)(O)C(=O)O)ccc21. The molecule has 0 bridgehead atoms. The quantitative estimate of drug-likeness (QED) is 0.789. The molecule has 1 atom stereocenters. The van der Waals surface area contributed by atoms with Crippen LogP contribution in [0.1, 0.15) is 12.5 Å². The van der Waals surface area contributed by atoms with Crippen molar-refractivity contribution >= 4 is 17.1 Å². The van der Waals surface area contributed by atoms with E-state index in [0.717, 1.165) is 6.92 Å². The van der Waals surface area contributed by atoms with Crippen molar-refractivity contribution in [1.29, 1.82) is 0 Å². The van der Waals surface area contributed by atoms with Crippen LogP contribution in [0.2, 0.25) is 0 Å². The predicted molar refractivity (Wildman–Crippen MR) is 58.7 cm³/mol. The largest absolute Gasteiger partial charge is 0.479 e. The number of hydrogen-bond donors (Lipinski definition) is 2. The van der Waals surface area contributed by atoms with Crippen LogP contribution in [-0.2, 0) is 17.4 Å². The zero-order chi connectivity index (χ0) is 12.8. The van der Waals surface area contributed by atoms with Crippen molar-refractivity contribution in [2.24, 2.45) is 7.05 Å². The number of aryl methyl sites for hydroxylation is 1. The topological polar surface area (TPSA) is 92.7 Å². The van der Waals surface area contributed by atoms with Gasteiger partial charge in [0.15, 0.2) is 11.2 Å². The molecule has 0 aliphatic rings. The third-order valence-electron chi connectivity index (χ3n) is 2.77. The normalized spacial score (nSPS) is 14.8. The number of aliphatic carboxylic acids is 1. The molecule has 2 rings (SSSR count). The van der Waals surface area contributed by atoms with Gasteiger partial charge < -0.3 is 14.6 Å². The number of aliphatic hydroxyl groups is 1. The molecule has 6 heteroatoms. The average molecular weight is 237 g/mol. The first-order valence-corrected chi connectivity index (χ1v) is 4.90. The summed E-state index contributed by atoms with van der Waals surface area (Å²) < 4.78 is 6.22. The van der Waals surface area contributed by atoms with Crippen molar-refractivity contribution in [2.45, 2.75) is 12.5 Å². The first-order valence-electron chi connectivity index (χ1n) is 4.90. The van der Waals surface area contributed by atoms with Crippen LogP contribution in [0.15, 0.2) is 27.4 Å². The Morgan fingerprint density at radius 2 is 2.12 bits per heavy atom. The highest BCUT2D eigenvalue weighted by molar-refractivity contribution is 5.81. The molecule has 0 fully saturated rings. The molecular formula is C11H11NO5. The minimum atomic E-state index is -2.01. The predicted octanol–water partition coefficient (Wildman–Crippen LogP) is 0.424. The molecule has 0 aliphatic carbocycles. The van der Waals surface area contributed by atoms with Crippen LogP contribution in [0.25, 0.3) is 11.1 Å². The van der Waals surface area contributed by atoms with E-state index in [4.69, 9.17) is 9.52 Å². The highest BCUT2D eigenvalue weighted by Gasteiger charge is 2.32. The second-order valence-corrected chi connectivity index (χ2v) is 3.99. The van der Waals surface area contributed by atoms with Crippen molar-refractivity contribution < 1.29 is 19.4 Å². The highest BCUT2D eigenvalue weighted by Crippen LogP contribution is 2.24. The third-order valence-corrected chi connectivity index (χ3v) is 2.77. The van der Waals surface area contributed by atoms with Crippen LogP contribution in [0.4, 0.5) is 0 Å². The fourth-order valence-corrected chi connectivity index (χ4v) is 1.56. The Labute approximate surface area is 95.7 Å². The van der Waals surface area contributed by atoms with Crippen LogP contribution in [0, 0.1) is 0 Å². The molecule has 1 aromatic heterocycles. The van der Waals surface area contributed by atoms with E-state index in [1.807, 2.05) is 0 Å². The minimum absolute atomic E-state index is 0.159. The van der Waals surface area contributed by atoms with Crippen LogP contribution >= 0.6 is 0 Å². The summed E-state index contributed by atoms with van der Waals surface area (Å²) in [4.78, 5) is 22.1. The van der Waals surface area contributed by atoms with Gasteiger partial charge in [-0.05, 0) is 24.6 Å². The van der Waals surface area contributed by atoms with Gasteiger partial charge in [0.2, 0.25) is 0 Å². The number of aromatic nitrogens is 1. The fraction of sp³-hybridized carbons (Fsp3) is 0.273. The molecule has 1 aromatic carbocycles. The maximum atomic E-state index is 11.3. The van der Waals surface area contributed by atoms with Crippen molar-refractivity contribution in [3.63, 3.8) is 0 Å². The Hall–Kier alpha value is -2.08. The molecule has 0 aliphatic heterocycles. The molecule has 0 amide bonds. The molecule has 0 saturated carbocycles. The zero-order valence-corrected chi connectivity index (χ0v) is 9.30. The van der Waals surface area contributed by atoms with Crippen LogP contribution in [0.5, 0.6) is 0 Å². The summed E-state index contributed by atoms with van der Waals surface area (Å²) in [6.07, 6.45) is 0. The summed E-state index contributed by atoms with van der Waals surface area (Å²) in [7, 11) is 1.54. The van der Waals surface area contributed by atoms with Gasteiger partial charge in [-0.25, -0.2) is 9.59 Å². The molecule has 2 N–H and O–H groups in total. The number of rotatable bonds is 2. The smallest absolute Gasteiger partial charge is 0.419 e. The van der Waals surface area contributed by atoms with E-state index in [1.165, 1.54) is 22.8 Å². The first-order chi connectivity index (χ1) is 7.84. The van der Waals surface area contributed by atoms with Gasteiger partial charge in [-0.15, -0.1) is 0 Å². The Bertz CT molecular complexity index is 649. The molecule has 6 nitrogen and oxygen atoms in total. The van der Waals surface area contributed by atoms with Crippen LogP contribution in [0.3, 0.4) is 0 Å². The minimum Gasteiger partial charge on any atom is -0.479 e. The standard InChI is InChI=1S/C11H11NO5/c1-11(16,9(13)14)6-3-4-7-8(5-6)17-10(15)12(7)2/h3-5,16H,1-2H3,(H,13,14). The van der Waals surface area contributed by atoms with Gasteiger partial charge in [-0.3, -0.25) is 4.57 Å². The van der Waals surface area contributed by atoms with E-state index in [1.54, 1.807) is 7.05 Å². The maximum Gasteiger partial charge on any atom is 0.419 e. The molecule has 1 heterocycles. The van der Waals surface area contributed by atoms with E-state index >= 15 is 0 Å². The zero-order valence-electron chi connectivity index (χ0n) is 9.30. The molecule has 0 saturated heterocycles. The lowest BCUT2D eigenvalue weighted by Crippen LogP contribution is -2.31. The fourth-order valence-electron chi connectivity index (χ4n) is 1.56. The molecule has 0 spiro atoms. The number of carbonyl (C=O) groups is 1. The monoisotopic (exact) mass is 237 g/mol. The molecule has 2 aromatic rings. The van der Waals surface area contributed by atoms with Gasteiger partial charge in [0.25, 0.3) is 0 Å². The van der Waals surface area contributed by atoms with Crippen LogP contribution in [-0.4, -0.2) is 20.7 Å². The molecule has 0 radical (unpaired) electrons. The maximum absolute atomic E-state index is 11.3. The van der Waals surface area contributed by atoms with Crippen molar-refractivity contribution in [3.8, 4) is 0 Å². The Morgan fingerprint density at radius 1 is 1.47 bits per heavy atom. The van der Waals surface area contributed by atoms with Gasteiger partial charge in [-0.2, -0.15) is 0 Å². The summed E-state index contributed by atoms with van der Waals surface area (Å²) >= 11 is 0.